The van der Waals surface area contributed by atoms with E-state index in [2.05, 4.69) is 55.5 Å². The molecule has 2 unspecified atom stereocenters. The van der Waals surface area contributed by atoms with Crippen molar-refractivity contribution >= 4 is 30.7 Å². The van der Waals surface area contributed by atoms with Gasteiger partial charge in [-0.15, -0.1) is 0 Å². The molecule has 7 heteroatoms. The summed E-state index contributed by atoms with van der Waals surface area (Å²) in [5, 5.41) is 10.8. The van der Waals surface area contributed by atoms with Crippen LogP contribution >= 0.6 is 15.9 Å². The summed E-state index contributed by atoms with van der Waals surface area (Å²) in [6, 6.07) is -0.165. The van der Waals surface area contributed by atoms with Crippen molar-refractivity contribution in [3.63, 3.8) is 0 Å². The van der Waals surface area contributed by atoms with Crippen LogP contribution in [0.15, 0.2) is 10.9 Å². The van der Waals surface area contributed by atoms with Crippen LogP contribution in [0.2, 0.25) is 16.6 Å². The van der Waals surface area contributed by atoms with E-state index in [4.69, 9.17) is 4.74 Å². The Kier molecular flexibility index (Phi) is 8.84. The summed E-state index contributed by atoms with van der Waals surface area (Å²) in [5.74, 6) is -0.441. The van der Waals surface area contributed by atoms with E-state index in [1.807, 2.05) is 11.5 Å². The van der Waals surface area contributed by atoms with Gasteiger partial charge in [0.25, 0.3) is 0 Å². The molecule has 0 amide bonds. The van der Waals surface area contributed by atoms with E-state index < -0.39 is 20.9 Å². The molecule has 0 aliphatic rings. The number of carbonyl (C=O) groups is 1. The van der Waals surface area contributed by atoms with Gasteiger partial charge in [-0.3, -0.25) is 0 Å². The van der Waals surface area contributed by atoms with Crippen molar-refractivity contribution in [3.8, 4) is 0 Å². The number of carbonyl (C=O) groups excluding carboxylic acids is 1. The molecule has 0 aliphatic heterocycles. The number of imidazole rings is 1. The number of aliphatic hydroxyl groups excluding tert-OH is 1. The first-order valence-corrected chi connectivity index (χ1v) is 12.0. The Morgan fingerprint density at radius 2 is 1.84 bits per heavy atom. The SMILES string of the molecule is CCOC(=O)c1cn([C@@H](C)C(O)CC(C)[SiH](C(C)C)C(C)C)c(Br)n1. The predicted octanol–water partition coefficient (Wildman–Crippen LogP) is 4.57. The zero-order valence-electron chi connectivity index (χ0n) is 16.5. The van der Waals surface area contributed by atoms with Crippen LogP contribution in [-0.2, 0) is 4.74 Å². The van der Waals surface area contributed by atoms with Crippen LogP contribution in [0.4, 0.5) is 0 Å². The maximum atomic E-state index is 11.8. The summed E-state index contributed by atoms with van der Waals surface area (Å²) < 4.78 is 7.34. The normalized spacial score (nSPS) is 15.7. The van der Waals surface area contributed by atoms with Crippen LogP contribution < -0.4 is 0 Å². The first-order valence-electron chi connectivity index (χ1n) is 9.19. The highest BCUT2D eigenvalue weighted by atomic mass is 79.9. The van der Waals surface area contributed by atoms with Crippen LogP contribution in [0, 0.1) is 0 Å². The molecule has 0 radical (unpaired) electrons. The fourth-order valence-electron chi connectivity index (χ4n) is 3.96. The van der Waals surface area contributed by atoms with Gasteiger partial charge in [-0.1, -0.05) is 45.7 Å². The summed E-state index contributed by atoms with van der Waals surface area (Å²) >= 11 is 3.39. The van der Waals surface area contributed by atoms with Crippen molar-refractivity contribution in [1.29, 1.82) is 0 Å². The molecule has 5 nitrogen and oxygen atoms in total. The van der Waals surface area contributed by atoms with E-state index in [0.29, 0.717) is 28.0 Å². The van der Waals surface area contributed by atoms with Crippen molar-refractivity contribution in [2.24, 2.45) is 0 Å². The minimum atomic E-state index is -0.969. The van der Waals surface area contributed by atoms with Gasteiger partial charge in [0.2, 0.25) is 0 Å². The number of aromatic nitrogens is 2. The van der Waals surface area contributed by atoms with Gasteiger partial charge in [0.1, 0.15) is 0 Å². The van der Waals surface area contributed by atoms with Crippen LogP contribution in [-0.4, -0.2) is 42.1 Å². The van der Waals surface area contributed by atoms with Crippen LogP contribution in [0.3, 0.4) is 0 Å². The number of nitrogens with zero attached hydrogens (tertiary/aromatic N) is 2. The van der Waals surface area contributed by atoms with Crippen molar-refractivity contribution in [2.75, 3.05) is 6.61 Å². The number of esters is 1. The van der Waals surface area contributed by atoms with Gasteiger partial charge in [0, 0.05) is 15.0 Å². The number of hydrogen-bond donors (Lipinski definition) is 1. The minimum absolute atomic E-state index is 0.165. The molecule has 0 aromatic carbocycles. The number of hydrogen-bond acceptors (Lipinski definition) is 4. The Balaban J connectivity index is 2.85. The number of aliphatic hydroxyl groups is 1. The van der Waals surface area contributed by atoms with Gasteiger partial charge in [-0.05, 0) is 41.7 Å². The van der Waals surface area contributed by atoms with Crippen molar-refractivity contribution in [2.45, 2.75) is 83.7 Å². The summed E-state index contributed by atoms with van der Waals surface area (Å²) in [7, 11) is -0.969. The molecule has 1 aromatic rings. The molecule has 1 heterocycles. The third-order valence-corrected chi connectivity index (χ3v) is 10.2. The third-order valence-electron chi connectivity index (χ3n) is 4.98. The lowest BCUT2D eigenvalue weighted by Crippen LogP contribution is -2.31. The maximum absolute atomic E-state index is 11.8. The summed E-state index contributed by atoms with van der Waals surface area (Å²) in [4.78, 5) is 16.0. The van der Waals surface area contributed by atoms with E-state index in [0.717, 1.165) is 6.42 Å². The lowest BCUT2D eigenvalue weighted by Gasteiger charge is -2.32. The van der Waals surface area contributed by atoms with Crippen molar-refractivity contribution < 1.29 is 14.6 Å². The molecule has 144 valence electrons. The van der Waals surface area contributed by atoms with E-state index in [1.54, 1.807) is 13.1 Å². The number of rotatable bonds is 9. The first kappa shape index (κ1) is 22.4. The Bertz CT molecular complexity index is 555. The van der Waals surface area contributed by atoms with Crippen LogP contribution in [0.25, 0.3) is 0 Å². The van der Waals surface area contributed by atoms with Gasteiger partial charge in [-0.25, -0.2) is 9.78 Å². The van der Waals surface area contributed by atoms with E-state index in [1.165, 1.54) is 0 Å². The van der Waals surface area contributed by atoms with Gasteiger partial charge >= 0.3 is 5.97 Å². The van der Waals surface area contributed by atoms with Gasteiger partial charge < -0.3 is 14.4 Å². The highest BCUT2D eigenvalue weighted by Gasteiger charge is 2.30. The Morgan fingerprint density at radius 3 is 2.32 bits per heavy atom. The molecule has 0 bridgehead atoms. The number of ether oxygens (including phenoxy) is 1. The molecule has 0 saturated carbocycles. The van der Waals surface area contributed by atoms with Crippen molar-refractivity contribution in [1.82, 2.24) is 9.55 Å². The molecule has 3 atom stereocenters. The fraction of sp³-hybridized carbons (Fsp3) is 0.778. The molecule has 1 N–H and O–H groups in total. The summed E-state index contributed by atoms with van der Waals surface area (Å²) in [6.07, 6.45) is 1.94. The molecule has 0 fully saturated rings. The fourth-order valence-corrected chi connectivity index (χ4v) is 9.34. The molecule has 0 aliphatic carbocycles. The van der Waals surface area contributed by atoms with E-state index >= 15 is 0 Å². The second-order valence-electron chi connectivity index (χ2n) is 7.61. The van der Waals surface area contributed by atoms with Gasteiger partial charge in [-0.2, -0.15) is 0 Å². The molecule has 0 saturated heterocycles. The smallest absolute Gasteiger partial charge is 0.358 e. The molecule has 25 heavy (non-hydrogen) atoms. The van der Waals surface area contributed by atoms with E-state index in [9.17, 15) is 9.90 Å². The zero-order valence-corrected chi connectivity index (χ0v) is 19.2. The lowest BCUT2D eigenvalue weighted by atomic mass is 10.1. The Hall–Kier alpha value is -0.663. The second kappa shape index (κ2) is 9.88. The minimum Gasteiger partial charge on any atom is -0.461 e. The van der Waals surface area contributed by atoms with Gasteiger partial charge in [0.15, 0.2) is 10.4 Å². The zero-order chi connectivity index (χ0) is 19.3. The average Bonchev–Trinajstić information content (AvgIpc) is 2.87. The van der Waals surface area contributed by atoms with Gasteiger partial charge in [0.05, 0.1) is 18.8 Å². The lowest BCUT2D eigenvalue weighted by molar-refractivity contribution is 0.0519. The molecule has 1 aromatic heterocycles. The standard InChI is InChI=1S/C18H33BrN2O3Si/c1-8-24-17(23)15-10-21(18(19)20-15)14(7)16(22)9-13(6)25(11(2)3)12(4)5/h10-14,16,22,25H,8-9H2,1-7H3/t13?,14-,16?/m0/s1. The summed E-state index contributed by atoms with van der Waals surface area (Å²) in [5.41, 5.74) is 2.24. The molecular weight excluding hydrogens is 400 g/mol. The highest BCUT2D eigenvalue weighted by Crippen LogP contribution is 2.35. The predicted molar refractivity (Wildman–Crippen MR) is 108 cm³/mol. The third kappa shape index (κ3) is 5.93. The maximum Gasteiger partial charge on any atom is 0.358 e. The largest absolute Gasteiger partial charge is 0.461 e. The Labute approximate surface area is 161 Å². The monoisotopic (exact) mass is 432 g/mol. The molecule has 1 rings (SSSR count). The number of halogens is 1. The Morgan fingerprint density at radius 1 is 1.28 bits per heavy atom. The quantitative estimate of drug-likeness (QED) is 0.458. The highest BCUT2D eigenvalue weighted by molar-refractivity contribution is 9.10. The summed E-state index contributed by atoms with van der Waals surface area (Å²) in [6.45, 7) is 15.5. The van der Waals surface area contributed by atoms with Crippen molar-refractivity contribution in [3.05, 3.63) is 16.6 Å². The first-order chi connectivity index (χ1) is 11.6. The van der Waals surface area contributed by atoms with E-state index in [-0.39, 0.29) is 11.7 Å². The van der Waals surface area contributed by atoms with Crippen LogP contribution in [0.1, 0.15) is 71.4 Å². The topological polar surface area (TPSA) is 64.3 Å². The molecular formula is C18H33BrN2O3Si. The average molecular weight is 433 g/mol. The van der Waals surface area contributed by atoms with Crippen LogP contribution in [0.5, 0.6) is 0 Å². The molecule has 0 spiro atoms. The second-order valence-corrected chi connectivity index (χ2v) is 13.3.